The average molecular weight is 330 g/mol. The fraction of sp³-hybridized carbons (Fsp3) is 0.588. The van der Waals surface area contributed by atoms with Crippen LogP contribution in [0.25, 0.3) is 10.2 Å². The summed E-state index contributed by atoms with van der Waals surface area (Å²) in [4.78, 5) is 25.2. The molecule has 1 aliphatic carbocycles. The van der Waals surface area contributed by atoms with Gasteiger partial charge in [0.05, 0.1) is 10.9 Å². The Bertz CT molecular complexity index is 670. The molecular weight excluding hydrogens is 308 g/mol. The molecule has 0 atom stereocenters. The number of anilines is 1. The summed E-state index contributed by atoms with van der Waals surface area (Å²) < 4.78 is 1.20. The van der Waals surface area contributed by atoms with Gasteiger partial charge in [0.2, 0.25) is 5.91 Å². The summed E-state index contributed by atoms with van der Waals surface area (Å²) in [6.45, 7) is 2.97. The van der Waals surface area contributed by atoms with Crippen LogP contribution in [0.4, 0.5) is 5.13 Å². The van der Waals surface area contributed by atoms with Gasteiger partial charge in [-0.25, -0.2) is 4.98 Å². The van der Waals surface area contributed by atoms with E-state index < -0.39 is 0 Å². The van der Waals surface area contributed by atoms with E-state index in [1.54, 1.807) is 11.3 Å². The number of amides is 1. The molecule has 0 aromatic carbocycles. The predicted molar refractivity (Wildman–Crippen MR) is 92.7 cm³/mol. The first-order valence-corrected chi connectivity index (χ1v) is 9.23. The van der Waals surface area contributed by atoms with Crippen molar-refractivity contribution in [1.29, 1.82) is 0 Å². The lowest BCUT2D eigenvalue weighted by Gasteiger charge is -2.33. The molecule has 0 unspecified atom stereocenters. The van der Waals surface area contributed by atoms with Crippen LogP contribution in [0.5, 0.6) is 0 Å². The highest BCUT2D eigenvalue weighted by Gasteiger charge is 2.33. The number of hydrogen-bond acceptors (Lipinski definition) is 5. The zero-order chi connectivity index (χ0) is 15.8. The van der Waals surface area contributed by atoms with E-state index in [1.165, 1.54) is 4.70 Å². The van der Waals surface area contributed by atoms with Crippen molar-refractivity contribution < 1.29 is 4.79 Å². The summed E-state index contributed by atoms with van der Waals surface area (Å²) >= 11 is 1.75. The molecule has 1 aliphatic heterocycles. The van der Waals surface area contributed by atoms with Crippen LogP contribution in [0.2, 0.25) is 0 Å². The Morgan fingerprint density at radius 3 is 2.83 bits per heavy atom. The minimum atomic E-state index is 0.330. The van der Waals surface area contributed by atoms with Gasteiger partial charge < -0.3 is 9.80 Å². The molecule has 1 saturated heterocycles. The van der Waals surface area contributed by atoms with Crippen molar-refractivity contribution in [3.8, 4) is 0 Å². The predicted octanol–water partition coefficient (Wildman–Crippen LogP) is 2.78. The molecule has 1 saturated carbocycles. The second-order valence-electron chi connectivity index (χ2n) is 6.76. The van der Waals surface area contributed by atoms with Crippen molar-refractivity contribution in [2.75, 3.05) is 31.6 Å². The Morgan fingerprint density at radius 1 is 1.35 bits per heavy atom. The Morgan fingerprint density at radius 2 is 2.13 bits per heavy atom. The van der Waals surface area contributed by atoms with Crippen molar-refractivity contribution >= 4 is 32.6 Å². The number of rotatable bonds is 4. The molecule has 3 heterocycles. The third kappa shape index (κ3) is 3.17. The van der Waals surface area contributed by atoms with Crippen molar-refractivity contribution in [3.05, 3.63) is 18.5 Å². The van der Waals surface area contributed by atoms with Crippen molar-refractivity contribution in [3.63, 3.8) is 0 Å². The summed E-state index contributed by atoms with van der Waals surface area (Å²) in [5.41, 5.74) is 0.990. The van der Waals surface area contributed by atoms with Crippen LogP contribution in [0.15, 0.2) is 18.5 Å². The monoisotopic (exact) mass is 330 g/mol. The maximum atomic E-state index is 12.1. The van der Waals surface area contributed by atoms with Crippen LogP contribution in [0.1, 0.15) is 25.7 Å². The molecule has 23 heavy (non-hydrogen) atoms. The quantitative estimate of drug-likeness (QED) is 0.865. The first-order chi connectivity index (χ1) is 11.2. The number of hydrogen-bond donors (Lipinski definition) is 0. The van der Waals surface area contributed by atoms with Crippen LogP contribution < -0.4 is 4.90 Å². The third-order valence-electron chi connectivity index (χ3n) is 4.90. The molecule has 0 spiro atoms. The Kier molecular flexibility index (Phi) is 3.93. The minimum absolute atomic E-state index is 0.330. The molecule has 4 rings (SSSR count). The minimum Gasteiger partial charge on any atom is -0.348 e. The van der Waals surface area contributed by atoms with E-state index in [2.05, 4.69) is 9.88 Å². The highest BCUT2D eigenvalue weighted by molar-refractivity contribution is 7.22. The number of aromatic nitrogens is 2. The fourth-order valence-electron chi connectivity index (χ4n) is 3.33. The second kappa shape index (κ2) is 6.07. The topological polar surface area (TPSA) is 49.3 Å². The van der Waals surface area contributed by atoms with E-state index in [4.69, 9.17) is 4.98 Å². The molecule has 122 valence electrons. The normalized spacial score (nSPS) is 19.3. The maximum Gasteiger partial charge on any atom is 0.225 e. The number of carbonyl (C=O) groups is 1. The lowest BCUT2D eigenvalue weighted by Crippen LogP contribution is -2.39. The molecule has 1 amide bonds. The number of nitrogens with zero attached hydrogens (tertiary/aromatic N) is 4. The number of piperidine rings is 1. The number of fused-ring (bicyclic) bond motifs is 1. The summed E-state index contributed by atoms with van der Waals surface area (Å²) in [7, 11) is 1.97. The standard InChI is InChI=1S/C17H22N4OS/c1-20(16(22)13-2-3-13)11-12-5-8-21(9-6-12)17-19-14-10-18-7-4-15(14)23-17/h4,7,10,12-13H,2-3,5-6,8-9,11H2,1H3. The van der Waals surface area contributed by atoms with Gasteiger partial charge in [0.1, 0.15) is 5.52 Å². The molecule has 6 heteroatoms. The van der Waals surface area contributed by atoms with E-state index in [0.717, 1.165) is 56.0 Å². The smallest absolute Gasteiger partial charge is 0.225 e. The maximum absolute atomic E-state index is 12.1. The zero-order valence-electron chi connectivity index (χ0n) is 13.4. The lowest BCUT2D eigenvalue weighted by molar-refractivity contribution is -0.131. The van der Waals surface area contributed by atoms with Gasteiger partial charge >= 0.3 is 0 Å². The third-order valence-corrected chi connectivity index (χ3v) is 6.00. The summed E-state index contributed by atoms with van der Waals surface area (Å²) in [5, 5.41) is 1.11. The highest BCUT2D eigenvalue weighted by atomic mass is 32.1. The molecule has 2 fully saturated rings. The van der Waals surface area contributed by atoms with E-state index in [-0.39, 0.29) is 0 Å². The molecule has 0 N–H and O–H groups in total. The van der Waals surface area contributed by atoms with Crippen LogP contribution in [-0.2, 0) is 4.79 Å². The first-order valence-electron chi connectivity index (χ1n) is 8.41. The molecule has 2 aromatic rings. The van der Waals surface area contributed by atoms with E-state index >= 15 is 0 Å². The van der Waals surface area contributed by atoms with Gasteiger partial charge in [-0.2, -0.15) is 0 Å². The van der Waals surface area contributed by atoms with Crippen LogP contribution in [-0.4, -0.2) is 47.5 Å². The number of thiazole rings is 1. The number of pyridine rings is 1. The molecule has 2 aromatic heterocycles. The largest absolute Gasteiger partial charge is 0.348 e. The van der Waals surface area contributed by atoms with Gasteiger partial charge in [0, 0.05) is 38.8 Å². The van der Waals surface area contributed by atoms with Crippen LogP contribution in [0, 0.1) is 11.8 Å². The SMILES string of the molecule is CN(CC1CCN(c2nc3cnccc3s2)CC1)C(=O)C1CC1. The second-order valence-corrected chi connectivity index (χ2v) is 7.77. The zero-order valence-corrected chi connectivity index (χ0v) is 14.3. The molecule has 0 radical (unpaired) electrons. The van der Waals surface area contributed by atoms with E-state index in [1.807, 2.05) is 30.4 Å². The van der Waals surface area contributed by atoms with Crippen LogP contribution >= 0.6 is 11.3 Å². The van der Waals surface area contributed by atoms with Gasteiger partial charge in [0.15, 0.2) is 5.13 Å². The van der Waals surface area contributed by atoms with E-state index in [0.29, 0.717) is 17.7 Å². The van der Waals surface area contributed by atoms with Crippen molar-refractivity contribution in [2.24, 2.45) is 11.8 Å². The lowest BCUT2D eigenvalue weighted by atomic mass is 9.96. The van der Waals surface area contributed by atoms with E-state index in [9.17, 15) is 4.79 Å². The Labute approximate surface area is 140 Å². The van der Waals surface area contributed by atoms with Gasteiger partial charge in [0.25, 0.3) is 0 Å². The summed E-state index contributed by atoms with van der Waals surface area (Å²) in [5.74, 6) is 1.30. The van der Waals surface area contributed by atoms with Gasteiger partial charge in [-0.3, -0.25) is 9.78 Å². The first kappa shape index (κ1) is 14.9. The Balaban J connectivity index is 1.34. The summed E-state index contributed by atoms with van der Waals surface area (Å²) in [6, 6.07) is 2.03. The Hall–Kier alpha value is -1.69. The van der Waals surface area contributed by atoms with Gasteiger partial charge in [-0.15, -0.1) is 0 Å². The number of carbonyl (C=O) groups excluding carboxylic acids is 1. The highest BCUT2D eigenvalue weighted by Crippen LogP contribution is 2.33. The molecular formula is C17H22N4OS. The fourth-order valence-corrected chi connectivity index (χ4v) is 4.31. The molecule has 2 aliphatic rings. The van der Waals surface area contributed by atoms with Gasteiger partial charge in [-0.1, -0.05) is 11.3 Å². The van der Waals surface area contributed by atoms with Crippen LogP contribution in [0.3, 0.4) is 0 Å². The van der Waals surface area contributed by atoms with Gasteiger partial charge in [-0.05, 0) is 37.7 Å². The summed E-state index contributed by atoms with van der Waals surface area (Å²) in [6.07, 6.45) is 8.11. The molecule has 5 nitrogen and oxygen atoms in total. The van der Waals surface area contributed by atoms with Crippen molar-refractivity contribution in [1.82, 2.24) is 14.9 Å². The van der Waals surface area contributed by atoms with Crippen molar-refractivity contribution in [2.45, 2.75) is 25.7 Å². The molecule has 0 bridgehead atoms. The average Bonchev–Trinajstić information content (AvgIpc) is 3.33.